The number of nitroso groups, excluding NO2 is 1. The van der Waals surface area contributed by atoms with Crippen LogP contribution in [-0.4, -0.2) is 16.0 Å². The van der Waals surface area contributed by atoms with E-state index in [4.69, 9.17) is 11.5 Å². The third-order valence-corrected chi connectivity index (χ3v) is 3.96. The first-order chi connectivity index (χ1) is 10.2. The Labute approximate surface area is 124 Å². The van der Waals surface area contributed by atoms with Crippen molar-refractivity contribution in [3.8, 4) is 0 Å². The number of hydrogen-bond donors (Lipinski definition) is 3. The molecule has 0 amide bonds. The highest BCUT2D eigenvalue weighted by Crippen LogP contribution is 2.27. The fraction of sp³-hybridized carbons (Fsp3) is 0.714. The molecule has 21 heavy (non-hydrogen) atoms. The van der Waals surface area contributed by atoms with Gasteiger partial charge in [0, 0.05) is 6.04 Å². The maximum Gasteiger partial charge on any atom is 0.241 e. The molecule has 0 spiro atoms. The fourth-order valence-electron chi connectivity index (χ4n) is 2.77. The summed E-state index contributed by atoms with van der Waals surface area (Å²) in [7, 11) is 0. The van der Waals surface area contributed by atoms with Gasteiger partial charge in [-0.15, -0.1) is 4.91 Å². The lowest BCUT2D eigenvalue weighted by Gasteiger charge is -2.14. The summed E-state index contributed by atoms with van der Waals surface area (Å²) in [4.78, 5) is 18.1. The van der Waals surface area contributed by atoms with Gasteiger partial charge in [-0.05, 0) is 18.0 Å². The summed E-state index contributed by atoms with van der Waals surface area (Å²) in [6.07, 6.45) is 12.1. The average Bonchev–Trinajstić information content (AvgIpc) is 3.17. The first kappa shape index (κ1) is 15.5. The molecule has 1 heterocycles. The Hall–Kier alpha value is -1.92. The van der Waals surface area contributed by atoms with E-state index in [9.17, 15) is 4.91 Å². The molecule has 5 N–H and O–H groups in total. The molecule has 1 aromatic heterocycles. The van der Waals surface area contributed by atoms with Crippen LogP contribution in [0.1, 0.15) is 57.8 Å². The second-order valence-electron chi connectivity index (χ2n) is 5.65. The van der Waals surface area contributed by atoms with Crippen LogP contribution in [0.3, 0.4) is 0 Å². The summed E-state index contributed by atoms with van der Waals surface area (Å²) in [5.41, 5.74) is 11.2. The van der Waals surface area contributed by atoms with Gasteiger partial charge in [0.15, 0.2) is 17.5 Å². The Kier molecular flexibility index (Phi) is 5.71. The molecular weight excluding hydrogens is 268 g/mol. The maximum atomic E-state index is 10.3. The van der Waals surface area contributed by atoms with Gasteiger partial charge in [0.25, 0.3) is 0 Å². The summed E-state index contributed by atoms with van der Waals surface area (Å²) < 4.78 is 0. The molecule has 116 valence electrons. The summed E-state index contributed by atoms with van der Waals surface area (Å²) >= 11 is 0. The topological polar surface area (TPSA) is 119 Å². The van der Waals surface area contributed by atoms with Crippen molar-refractivity contribution in [2.24, 2.45) is 5.18 Å². The van der Waals surface area contributed by atoms with Gasteiger partial charge < -0.3 is 16.8 Å². The molecule has 7 heteroatoms. The smallest absolute Gasteiger partial charge is 0.241 e. The molecule has 2 aliphatic carbocycles. The molecule has 2 aliphatic rings. The second kappa shape index (κ2) is 7.75. The molecule has 0 saturated heterocycles. The lowest BCUT2D eigenvalue weighted by molar-refractivity contribution is 0.750. The molecule has 0 aromatic carbocycles. The lowest BCUT2D eigenvalue weighted by atomic mass is 10.2. The molecule has 2 fully saturated rings. The minimum atomic E-state index is -0.158. The summed E-state index contributed by atoms with van der Waals surface area (Å²) in [5, 5.41) is 5.83. The fourth-order valence-corrected chi connectivity index (χ4v) is 2.77. The first-order valence-corrected chi connectivity index (χ1v) is 7.73. The zero-order chi connectivity index (χ0) is 15.1. The molecule has 1 aromatic rings. The van der Waals surface area contributed by atoms with Crippen molar-refractivity contribution >= 4 is 23.3 Å². The number of aromatic nitrogens is 2. The molecule has 3 rings (SSSR count). The van der Waals surface area contributed by atoms with E-state index in [1.54, 1.807) is 0 Å². The Morgan fingerprint density at radius 2 is 1.48 bits per heavy atom. The standard InChI is InChI=1S/C9H14N6O.C5H10/c10-6-8(12-5-3-1-2-4-5)13-7(11)9(14-6)15-16;1-2-4-5-3-1/h5H,1-4H2,(H2,10,14)(H3,11,12,13);1-5H2. The number of nitrogens with one attached hydrogen (secondary N) is 1. The third-order valence-electron chi connectivity index (χ3n) is 3.96. The quantitative estimate of drug-likeness (QED) is 0.735. The van der Waals surface area contributed by atoms with E-state index in [0.29, 0.717) is 11.9 Å². The predicted molar refractivity (Wildman–Crippen MR) is 85.3 cm³/mol. The highest BCUT2D eigenvalue weighted by Gasteiger charge is 2.18. The van der Waals surface area contributed by atoms with Gasteiger partial charge in [0.2, 0.25) is 5.82 Å². The van der Waals surface area contributed by atoms with Gasteiger partial charge in [0.1, 0.15) is 0 Å². The van der Waals surface area contributed by atoms with Crippen LogP contribution < -0.4 is 16.8 Å². The molecule has 0 aliphatic heterocycles. The van der Waals surface area contributed by atoms with Gasteiger partial charge in [-0.2, -0.15) is 0 Å². The van der Waals surface area contributed by atoms with E-state index in [-0.39, 0.29) is 17.5 Å². The largest absolute Gasteiger partial charge is 0.381 e. The van der Waals surface area contributed by atoms with Crippen LogP contribution in [0.5, 0.6) is 0 Å². The Balaban J connectivity index is 0.000000272. The molecule has 0 radical (unpaired) electrons. The second-order valence-corrected chi connectivity index (χ2v) is 5.65. The van der Waals surface area contributed by atoms with Crippen LogP contribution in [0.15, 0.2) is 5.18 Å². The van der Waals surface area contributed by atoms with E-state index in [1.807, 2.05) is 0 Å². The molecule has 0 atom stereocenters. The van der Waals surface area contributed by atoms with Crippen LogP contribution in [-0.2, 0) is 0 Å². The minimum Gasteiger partial charge on any atom is -0.381 e. The number of hydrogen-bond acceptors (Lipinski definition) is 7. The summed E-state index contributed by atoms with van der Waals surface area (Å²) in [6, 6.07) is 0.367. The lowest BCUT2D eigenvalue weighted by Crippen LogP contribution is -2.17. The van der Waals surface area contributed by atoms with E-state index in [1.165, 1.54) is 44.9 Å². The number of rotatable bonds is 3. The van der Waals surface area contributed by atoms with Crippen molar-refractivity contribution < 1.29 is 0 Å². The molecule has 7 nitrogen and oxygen atoms in total. The van der Waals surface area contributed by atoms with Crippen LogP contribution in [0, 0.1) is 4.91 Å². The van der Waals surface area contributed by atoms with Gasteiger partial charge in [-0.25, -0.2) is 9.97 Å². The minimum absolute atomic E-state index is 0.00435. The number of anilines is 3. The monoisotopic (exact) mass is 292 g/mol. The Bertz CT molecular complexity index is 461. The van der Waals surface area contributed by atoms with Crippen molar-refractivity contribution in [1.29, 1.82) is 0 Å². The Morgan fingerprint density at radius 3 is 2.00 bits per heavy atom. The van der Waals surface area contributed by atoms with Crippen LogP contribution >= 0.6 is 0 Å². The summed E-state index contributed by atoms with van der Waals surface area (Å²) in [5.74, 6) is 0.451. The first-order valence-electron chi connectivity index (χ1n) is 7.73. The average molecular weight is 292 g/mol. The third kappa shape index (κ3) is 4.54. The van der Waals surface area contributed by atoms with Crippen molar-refractivity contribution in [3.05, 3.63) is 4.91 Å². The van der Waals surface area contributed by atoms with Crippen LogP contribution in [0.4, 0.5) is 23.3 Å². The van der Waals surface area contributed by atoms with Gasteiger partial charge in [0.05, 0.1) is 0 Å². The SMILES string of the molecule is C1CCCC1.Nc1nc(NC2CCCC2)c(N)nc1N=O. The van der Waals surface area contributed by atoms with E-state index >= 15 is 0 Å². The molecule has 0 unspecified atom stereocenters. The van der Waals surface area contributed by atoms with E-state index < -0.39 is 0 Å². The highest BCUT2D eigenvalue weighted by molar-refractivity contribution is 5.66. The van der Waals surface area contributed by atoms with Crippen molar-refractivity contribution in [3.63, 3.8) is 0 Å². The summed E-state index contributed by atoms with van der Waals surface area (Å²) in [6.45, 7) is 0. The van der Waals surface area contributed by atoms with Crippen molar-refractivity contribution in [1.82, 2.24) is 9.97 Å². The normalized spacial score (nSPS) is 18.1. The van der Waals surface area contributed by atoms with Crippen molar-refractivity contribution in [2.45, 2.75) is 63.8 Å². The van der Waals surface area contributed by atoms with Gasteiger partial charge >= 0.3 is 0 Å². The molecule has 2 saturated carbocycles. The van der Waals surface area contributed by atoms with Gasteiger partial charge in [-0.3, -0.25) is 0 Å². The Morgan fingerprint density at radius 1 is 0.905 bits per heavy atom. The maximum absolute atomic E-state index is 10.3. The highest BCUT2D eigenvalue weighted by atomic mass is 16.3. The van der Waals surface area contributed by atoms with E-state index in [0.717, 1.165) is 12.8 Å². The zero-order valence-electron chi connectivity index (χ0n) is 12.3. The molecule has 0 bridgehead atoms. The predicted octanol–water partition coefficient (Wildman–Crippen LogP) is 3.34. The van der Waals surface area contributed by atoms with Crippen molar-refractivity contribution in [2.75, 3.05) is 16.8 Å². The molecular formula is C14H24N6O. The number of nitrogen functional groups attached to an aromatic ring is 2. The van der Waals surface area contributed by atoms with Crippen LogP contribution in [0.2, 0.25) is 0 Å². The number of nitrogens with two attached hydrogens (primary N) is 2. The van der Waals surface area contributed by atoms with Crippen LogP contribution in [0.25, 0.3) is 0 Å². The van der Waals surface area contributed by atoms with Gasteiger partial charge in [-0.1, -0.05) is 44.9 Å². The number of nitrogens with zero attached hydrogens (tertiary/aromatic N) is 3. The zero-order valence-corrected chi connectivity index (χ0v) is 12.3. The van der Waals surface area contributed by atoms with E-state index in [2.05, 4.69) is 20.5 Å².